The molecule has 1 fully saturated rings. The Labute approximate surface area is 98.1 Å². The van der Waals surface area contributed by atoms with Crippen molar-refractivity contribution in [3.8, 4) is 5.75 Å². The smallest absolute Gasteiger partial charge is 0.339 e. The molecule has 1 aromatic rings. The van der Waals surface area contributed by atoms with Crippen LogP contribution in [0.25, 0.3) is 0 Å². The standard InChI is InChI=1S/C12H13NO4/c14-10(6-7-4-5-7)13-9-3-1-2-8(11(9)15)12(16)17/h1-3,7,15H,4-6H2,(H,13,14)(H,16,17). The fraction of sp³-hybridized carbons (Fsp3) is 0.333. The van der Waals surface area contributed by atoms with Crippen LogP contribution in [0.2, 0.25) is 0 Å². The molecule has 0 saturated heterocycles. The lowest BCUT2D eigenvalue weighted by molar-refractivity contribution is -0.116. The number of nitrogens with one attached hydrogen (secondary N) is 1. The molecule has 2 rings (SSSR count). The number of aromatic carboxylic acids is 1. The number of para-hydroxylation sites is 1. The van der Waals surface area contributed by atoms with Gasteiger partial charge in [-0.05, 0) is 30.9 Å². The number of amides is 1. The molecular weight excluding hydrogens is 222 g/mol. The van der Waals surface area contributed by atoms with Crippen LogP contribution in [0.1, 0.15) is 29.6 Å². The van der Waals surface area contributed by atoms with Crippen LogP contribution in [0.3, 0.4) is 0 Å². The predicted molar refractivity (Wildman–Crippen MR) is 61.0 cm³/mol. The number of benzene rings is 1. The molecule has 1 aromatic carbocycles. The summed E-state index contributed by atoms with van der Waals surface area (Å²) in [5.41, 5.74) is -0.0650. The molecule has 0 aromatic heterocycles. The first-order valence-corrected chi connectivity index (χ1v) is 5.43. The van der Waals surface area contributed by atoms with Gasteiger partial charge in [-0.15, -0.1) is 0 Å². The Bertz CT molecular complexity index is 466. The van der Waals surface area contributed by atoms with E-state index in [0.717, 1.165) is 12.8 Å². The Hall–Kier alpha value is -2.04. The van der Waals surface area contributed by atoms with Gasteiger partial charge < -0.3 is 15.5 Å². The summed E-state index contributed by atoms with van der Waals surface area (Å²) in [6, 6.07) is 4.25. The zero-order valence-electron chi connectivity index (χ0n) is 9.14. The van der Waals surface area contributed by atoms with E-state index < -0.39 is 11.7 Å². The summed E-state index contributed by atoms with van der Waals surface area (Å²) in [4.78, 5) is 22.3. The number of carbonyl (C=O) groups is 2. The van der Waals surface area contributed by atoms with Gasteiger partial charge in [-0.25, -0.2) is 4.79 Å². The van der Waals surface area contributed by atoms with Gasteiger partial charge in [0.1, 0.15) is 5.56 Å². The molecule has 0 bridgehead atoms. The number of phenols is 1. The van der Waals surface area contributed by atoms with Gasteiger partial charge in [-0.3, -0.25) is 4.79 Å². The summed E-state index contributed by atoms with van der Waals surface area (Å²) < 4.78 is 0. The summed E-state index contributed by atoms with van der Waals surface area (Å²) in [5, 5.41) is 21.0. The second-order valence-corrected chi connectivity index (χ2v) is 4.20. The van der Waals surface area contributed by atoms with Crippen molar-refractivity contribution in [2.24, 2.45) is 5.92 Å². The first kappa shape index (κ1) is 11.4. The van der Waals surface area contributed by atoms with Crippen molar-refractivity contribution in [3.05, 3.63) is 23.8 Å². The lowest BCUT2D eigenvalue weighted by Gasteiger charge is -2.08. The molecule has 0 spiro atoms. The van der Waals surface area contributed by atoms with Gasteiger partial charge in [-0.1, -0.05) is 6.07 Å². The number of hydrogen-bond acceptors (Lipinski definition) is 3. The fourth-order valence-electron chi connectivity index (χ4n) is 1.60. The van der Waals surface area contributed by atoms with E-state index in [1.165, 1.54) is 18.2 Å². The zero-order valence-corrected chi connectivity index (χ0v) is 9.14. The molecule has 17 heavy (non-hydrogen) atoms. The van der Waals surface area contributed by atoms with Crippen LogP contribution in [0.5, 0.6) is 5.75 Å². The number of carbonyl (C=O) groups excluding carboxylic acids is 1. The monoisotopic (exact) mass is 235 g/mol. The summed E-state index contributed by atoms with van der Waals surface area (Å²) in [7, 11) is 0. The van der Waals surface area contributed by atoms with Crippen molar-refractivity contribution in [3.63, 3.8) is 0 Å². The van der Waals surface area contributed by atoms with Crippen molar-refractivity contribution in [1.29, 1.82) is 0 Å². The number of carboxylic acids is 1. The molecule has 0 radical (unpaired) electrons. The predicted octanol–water partition coefficient (Wildman–Crippen LogP) is 1.83. The van der Waals surface area contributed by atoms with Crippen molar-refractivity contribution < 1.29 is 19.8 Å². The number of carboxylic acid groups (broad SMARTS) is 1. The maximum Gasteiger partial charge on any atom is 0.339 e. The molecule has 1 amide bonds. The first-order chi connectivity index (χ1) is 8.08. The highest BCUT2D eigenvalue weighted by Gasteiger charge is 2.25. The number of hydrogen-bond donors (Lipinski definition) is 3. The van der Waals surface area contributed by atoms with Crippen LogP contribution in [-0.4, -0.2) is 22.1 Å². The maximum atomic E-state index is 11.5. The molecule has 1 aliphatic rings. The third-order valence-corrected chi connectivity index (χ3v) is 2.71. The molecule has 5 heteroatoms. The molecule has 1 saturated carbocycles. The van der Waals surface area contributed by atoms with E-state index in [4.69, 9.17) is 5.11 Å². The molecule has 90 valence electrons. The Morgan fingerprint density at radius 1 is 1.35 bits per heavy atom. The van der Waals surface area contributed by atoms with Gasteiger partial charge in [0.05, 0.1) is 5.69 Å². The van der Waals surface area contributed by atoms with Gasteiger partial charge in [0.15, 0.2) is 5.75 Å². The van der Waals surface area contributed by atoms with Gasteiger partial charge in [0, 0.05) is 6.42 Å². The van der Waals surface area contributed by atoms with E-state index in [1.54, 1.807) is 0 Å². The Balaban J connectivity index is 2.11. The SMILES string of the molecule is O=C(CC1CC1)Nc1cccc(C(=O)O)c1O. The molecule has 0 atom stereocenters. The fourth-order valence-corrected chi connectivity index (χ4v) is 1.60. The summed E-state index contributed by atoms with van der Waals surface area (Å²) in [6.45, 7) is 0. The highest BCUT2D eigenvalue weighted by atomic mass is 16.4. The minimum Gasteiger partial charge on any atom is -0.505 e. The third kappa shape index (κ3) is 2.75. The van der Waals surface area contributed by atoms with Crippen LogP contribution >= 0.6 is 0 Å². The van der Waals surface area contributed by atoms with Gasteiger partial charge in [0.2, 0.25) is 5.91 Å². The van der Waals surface area contributed by atoms with Gasteiger partial charge >= 0.3 is 5.97 Å². The van der Waals surface area contributed by atoms with Crippen molar-refractivity contribution in [2.75, 3.05) is 5.32 Å². The van der Waals surface area contributed by atoms with E-state index in [1.807, 2.05) is 0 Å². The topological polar surface area (TPSA) is 86.6 Å². The van der Waals surface area contributed by atoms with Crippen LogP contribution < -0.4 is 5.32 Å². The maximum absolute atomic E-state index is 11.5. The second kappa shape index (κ2) is 4.45. The molecule has 0 unspecified atom stereocenters. The second-order valence-electron chi connectivity index (χ2n) is 4.20. The molecule has 1 aliphatic carbocycles. The quantitative estimate of drug-likeness (QED) is 0.695. The van der Waals surface area contributed by atoms with Crippen molar-refractivity contribution in [1.82, 2.24) is 0 Å². The Morgan fingerprint density at radius 2 is 2.06 bits per heavy atom. The van der Waals surface area contributed by atoms with E-state index >= 15 is 0 Å². The van der Waals surface area contributed by atoms with Crippen molar-refractivity contribution >= 4 is 17.6 Å². The zero-order chi connectivity index (χ0) is 12.4. The van der Waals surface area contributed by atoms with Crippen LogP contribution in [0.4, 0.5) is 5.69 Å². The Kier molecular flexibility index (Phi) is 2.99. The number of anilines is 1. The number of rotatable bonds is 4. The highest BCUT2D eigenvalue weighted by molar-refractivity contribution is 5.97. The van der Waals surface area contributed by atoms with E-state index in [0.29, 0.717) is 12.3 Å². The van der Waals surface area contributed by atoms with Gasteiger partial charge in [0.25, 0.3) is 0 Å². The normalized spacial score (nSPS) is 14.4. The summed E-state index contributed by atoms with van der Waals surface area (Å²) >= 11 is 0. The lowest BCUT2D eigenvalue weighted by atomic mass is 10.1. The van der Waals surface area contributed by atoms with E-state index in [-0.39, 0.29) is 17.2 Å². The highest BCUT2D eigenvalue weighted by Crippen LogP contribution is 2.33. The molecule has 3 N–H and O–H groups in total. The van der Waals surface area contributed by atoms with Crippen molar-refractivity contribution in [2.45, 2.75) is 19.3 Å². The lowest BCUT2D eigenvalue weighted by Crippen LogP contribution is -2.12. The van der Waals surface area contributed by atoms with Gasteiger partial charge in [-0.2, -0.15) is 0 Å². The molecule has 0 heterocycles. The molecule has 0 aliphatic heterocycles. The third-order valence-electron chi connectivity index (χ3n) is 2.71. The first-order valence-electron chi connectivity index (χ1n) is 5.43. The molecular formula is C12H13NO4. The number of aromatic hydroxyl groups is 1. The van der Waals surface area contributed by atoms with Crippen LogP contribution in [0.15, 0.2) is 18.2 Å². The minimum absolute atomic E-state index is 0.149. The minimum atomic E-state index is -1.22. The summed E-state index contributed by atoms with van der Waals surface area (Å²) in [6.07, 6.45) is 2.56. The van der Waals surface area contributed by atoms with E-state index in [2.05, 4.69) is 5.32 Å². The Morgan fingerprint density at radius 3 is 2.65 bits per heavy atom. The van der Waals surface area contributed by atoms with Crippen LogP contribution in [0, 0.1) is 5.92 Å². The largest absolute Gasteiger partial charge is 0.505 e. The average Bonchev–Trinajstić information content (AvgIpc) is 3.04. The van der Waals surface area contributed by atoms with Crippen LogP contribution in [-0.2, 0) is 4.79 Å². The average molecular weight is 235 g/mol. The summed E-state index contributed by atoms with van der Waals surface area (Å²) in [5.74, 6) is -1.37. The molecule has 5 nitrogen and oxygen atoms in total. The van der Waals surface area contributed by atoms with E-state index in [9.17, 15) is 14.7 Å².